The molecule has 0 spiro atoms. The highest BCUT2D eigenvalue weighted by Crippen LogP contribution is 2.37. The number of ether oxygens (including phenoxy) is 2. The Bertz CT molecular complexity index is 805. The molecular formula is C15H20FN3O7. The smallest absolute Gasteiger partial charge is 0.330 e. The molecule has 0 aromatic carbocycles. The summed E-state index contributed by atoms with van der Waals surface area (Å²) in [7, 11) is 0. The van der Waals surface area contributed by atoms with Gasteiger partial charge in [0.1, 0.15) is 12.1 Å². The van der Waals surface area contributed by atoms with Gasteiger partial charge < -0.3 is 20.3 Å². The van der Waals surface area contributed by atoms with Crippen LogP contribution in [0.4, 0.5) is 4.39 Å². The summed E-state index contributed by atoms with van der Waals surface area (Å²) in [6.45, 7) is 2.55. The Hall–Kier alpha value is -2.37. The summed E-state index contributed by atoms with van der Waals surface area (Å²) >= 11 is 0. The molecule has 1 aromatic rings. The van der Waals surface area contributed by atoms with E-state index in [0.29, 0.717) is 4.57 Å². The molecule has 1 saturated heterocycles. The molecule has 1 aliphatic rings. The van der Waals surface area contributed by atoms with Gasteiger partial charge in [0.15, 0.2) is 19.1 Å². The van der Waals surface area contributed by atoms with Gasteiger partial charge in [0.25, 0.3) is 5.56 Å². The molecule has 0 saturated carbocycles. The largest absolute Gasteiger partial charge is 0.458 e. The molecule has 10 nitrogen and oxygen atoms in total. The molecule has 4 N–H and O–H groups in total. The molecule has 0 aliphatic carbocycles. The summed E-state index contributed by atoms with van der Waals surface area (Å²) in [5.74, 6) is -3.61. The highest BCUT2D eigenvalue weighted by Gasteiger charge is 2.49. The number of nitrogens with zero attached hydrogens (tertiary/aromatic N) is 1. The minimum absolute atomic E-state index is 0.202. The van der Waals surface area contributed by atoms with Crippen molar-refractivity contribution >= 4 is 12.3 Å². The number of rotatable bonds is 6. The van der Waals surface area contributed by atoms with Crippen molar-refractivity contribution in [2.75, 3.05) is 6.61 Å². The van der Waals surface area contributed by atoms with Gasteiger partial charge in [-0.2, -0.15) is 0 Å². The molecule has 11 heteroatoms. The zero-order valence-electron chi connectivity index (χ0n) is 14.2. The molecule has 0 bridgehead atoms. The zero-order valence-corrected chi connectivity index (χ0v) is 14.2. The predicted octanol–water partition coefficient (Wildman–Crippen LogP) is -1.18. The van der Waals surface area contributed by atoms with E-state index in [1.165, 1.54) is 0 Å². The number of halogens is 1. The highest BCUT2D eigenvalue weighted by atomic mass is 19.2. The topological polar surface area (TPSA) is 154 Å². The van der Waals surface area contributed by atoms with Crippen molar-refractivity contribution in [2.24, 2.45) is 11.7 Å². The second kappa shape index (κ2) is 7.48. The van der Waals surface area contributed by atoms with Gasteiger partial charge in [-0.25, -0.2) is 9.18 Å². The number of carbonyl (C=O) groups excluding carboxylic acids is 2. The first-order chi connectivity index (χ1) is 12.1. The van der Waals surface area contributed by atoms with Crippen molar-refractivity contribution in [1.82, 2.24) is 9.55 Å². The maximum absolute atomic E-state index is 14.8. The third-order valence-corrected chi connectivity index (χ3v) is 3.99. The number of hydrogen-bond donors (Lipinski definition) is 3. The molecule has 0 amide bonds. The Morgan fingerprint density at radius 2 is 2.27 bits per heavy atom. The number of carbonyl (C=O) groups is 2. The van der Waals surface area contributed by atoms with Gasteiger partial charge in [-0.3, -0.25) is 23.9 Å². The fourth-order valence-electron chi connectivity index (χ4n) is 2.41. The van der Waals surface area contributed by atoms with Crippen LogP contribution in [0.3, 0.4) is 0 Å². The number of nitrogens with two attached hydrogens (primary N) is 1. The second-order valence-corrected chi connectivity index (χ2v) is 6.41. The third kappa shape index (κ3) is 4.06. The number of aliphatic hydroxyl groups excluding tert-OH is 1. The molecule has 2 heterocycles. The number of hydrogen-bond acceptors (Lipinski definition) is 8. The van der Waals surface area contributed by atoms with Crippen molar-refractivity contribution < 1.29 is 28.6 Å². The van der Waals surface area contributed by atoms with Crippen LogP contribution in [0, 0.1) is 5.92 Å². The number of alkyl halides is 1. The third-order valence-electron chi connectivity index (χ3n) is 3.99. The van der Waals surface area contributed by atoms with E-state index in [1.54, 1.807) is 13.8 Å². The first-order valence-corrected chi connectivity index (χ1v) is 7.85. The van der Waals surface area contributed by atoms with E-state index in [-0.39, 0.29) is 12.2 Å². The fourth-order valence-corrected chi connectivity index (χ4v) is 2.41. The van der Waals surface area contributed by atoms with Crippen LogP contribution in [0.2, 0.25) is 0 Å². The number of aliphatic hydroxyl groups is 1. The molecule has 26 heavy (non-hydrogen) atoms. The van der Waals surface area contributed by atoms with Gasteiger partial charge in [0.05, 0.1) is 5.56 Å². The first kappa shape index (κ1) is 19.9. The molecule has 1 aliphatic heterocycles. The monoisotopic (exact) mass is 373 g/mol. The Kier molecular flexibility index (Phi) is 5.74. The molecular weight excluding hydrogens is 353 g/mol. The van der Waals surface area contributed by atoms with Crippen LogP contribution in [0.5, 0.6) is 0 Å². The molecule has 0 radical (unpaired) electrons. The lowest BCUT2D eigenvalue weighted by Crippen LogP contribution is -2.40. The average Bonchev–Trinajstić information content (AvgIpc) is 2.87. The lowest BCUT2D eigenvalue weighted by Gasteiger charge is -2.22. The SMILES string of the molecule is CC(C)[C@H](N)C(=O)OC[C@]1(F)C[C@@H](O)[C@H](n2cc(C=O)c(=O)[nH]c2=O)O1. The van der Waals surface area contributed by atoms with Crippen LogP contribution < -0.4 is 17.0 Å². The van der Waals surface area contributed by atoms with Gasteiger partial charge in [-0.15, -0.1) is 0 Å². The molecule has 2 rings (SSSR count). The normalized spacial score (nSPS) is 26.7. The van der Waals surface area contributed by atoms with E-state index >= 15 is 0 Å². The minimum atomic E-state index is -2.56. The molecule has 1 aromatic heterocycles. The molecule has 0 unspecified atom stereocenters. The van der Waals surface area contributed by atoms with E-state index in [9.17, 15) is 28.7 Å². The van der Waals surface area contributed by atoms with Crippen LogP contribution >= 0.6 is 0 Å². The Morgan fingerprint density at radius 1 is 1.62 bits per heavy atom. The van der Waals surface area contributed by atoms with E-state index in [1.807, 2.05) is 4.98 Å². The number of nitrogens with one attached hydrogen (secondary N) is 1. The fraction of sp³-hybridized carbons (Fsp3) is 0.600. The first-order valence-electron chi connectivity index (χ1n) is 7.85. The Morgan fingerprint density at radius 3 is 2.85 bits per heavy atom. The van der Waals surface area contributed by atoms with E-state index < -0.39 is 60.0 Å². The van der Waals surface area contributed by atoms with Gasteiger partial charge in [0, 0.05) is 12.6 Å². The van der Waals surface area contributed by atoms with Crippen LogP contribution in [0.25, 0.3) is 0 Å². The summed E-state index contributed by atoms with van der Waals surface area (Å²) in [6, 6.07) is -0.947. The Labute approximate surface area is 146 Å². The summed E-state index contributed by atoms with van der Waals surface area (Å²) < 4.78 is 25.3. The van der Waals surface area contributed by atoms with E-state index in [0.717, 1.165) is 6.20 Å². The number of aromatic amines is 1. The lowest BCUT2D eigenvalue weighted by molar-refractivity contribution is -0.196. The van der Waals surface area contributed by atoms with Crippen molar-refractivity contribution in [2.45, 2.75) is 44.5 Å². The zero-order chi connectivity index (χ0) is 19.6. The maximum Gasteiger partial charge on any atom is 0.330 e. The van der Waals surface area contributed by atoms with Crippen LogP contribution in [-0.4, -0.2) is 51.5 Å². The number of esters is 1. The standard InChI is InChI=1S/C15H20FN3O7/c1-7(2)10(17)13(23)25-6-15(16)3-9(21)12(26-15)19-4-8(5-20)11(22)18-14(19)24/h4-5,7,9-10,12,21H,3,6,17H2,1-2H3,(H,18,22,24)/t9-,10+,12-,15+/m1/s1. The van der Waals surface area contributed by atoms with Gasteiger partial charge in [0.2, 0.25) is 5.85 Å². The van der Waals surface area contributed by atoms with Crippen LogP contribution in [0.15, 0.2) is 15.8 Å². The average molecular weight is 373 g/mol. The van der Waals surface area contributed by atoms with Crippen LogP contribution in [0.1, 0.15) is 36.9 Å². The van der Waals surface area contributed by atoms with Gasteiger partial charge in [-0.05, 0) is 5.92 Å². The highest BCUT2D eigenvalue weighted by molar-refractivity contribution is 5.75. The Balaban J connectivity index is 2.16. The number of aldehydes is 1. The maximum atomic E-state index is 14.8. The van der Waals surface area contributed by atoms with Crippen molar-refractivity contribution in [3.8, 4) is 0 Å². The van der Waals surface area contributed by atoms with Gasteiger partial charge in [-0.1, -0.05) is 13.8 Å². The van der Waals surface area contributed by atoms with E-state index in [2.05, 4.69) is 0 Å². The van der Waals surface area contributed by atoms with E-state index in [4.69, 9.17) is 15.2 Å². The molecule has 1 fully saturated rings. The summed E-state index contributed by atoms with van der Waals surface area (Å²) in [5.41, 5.74) is 3.29. The van der Waals surface area contributed by atoms with Crippen molar-refractivity contribution in [3.63, 3.8) is 0 Å². The van der Waals surface area contributed by atoms with Crippen LogP contribution in [-0.2, 0) is 14.3 Å². The second-order valence-electron chi connectivity index (χ2n) is 6.41. The van der Waals surface area contributed by atoms with Crippen molar-refractivity contribution in [1.29, 1.82) is 0 Å². The number of aromatic nitrogens is 2. The van der Waals surface area contributed by atoms with Crippen molar-refractivity contribution in [3.05, 3.63) is 32.6 Å². The summed E-state index contributed by atoms with van der Waals surface area (Å²) in [5, 5.41) is 10.0. The quantitative estimate of drug-likeness (QED) is 0.416. The molecule has 4 atom stereocenters. The minimum Gasteiger partial charge on any atom is -0.458 e. The summed E-state index contributed by atoms with van der Waals surface area (Å²) in [6.07, 6.45) is -2.53. The number of H-pyrrole nitrogens is 1. The lowest BCUT2D eigenvalue weighted by atomic mass is 10.1. The summed E-state index contributed by atoms with van der Waals surface area (Å²) in [4.78, 5) is 47.7. The predicted molar refractivity (Wildman–Crippen MR) is 85.1 cm³/mol. The van der Waals surface area contributed by atoms with Gasteiger partial charge >= 0.3 is 11.7 Å². The molecule has 144 valence electrons.